The van der Waals surface area contributed by atoms with Crippen LogP contribution in [0.25, 0.3) is 0 Å². The van der Waals surface area contributed by atoms with Crippen molar-refractivity contribution in [2.24, 2.45) is 0 Å². The Morgan fingerprint density at radius 3 is 2.47 bits per heavy atom. The Morgan fingerprint density at radius 1 is 1.33 bits per heavy atom. The van der Waals surface area contributed by atoms with E-state index in [-0.39, 0.29) is 17.2 Å². The number of hydrogen-bond donors (Lipinski definition) is 1. The summed E-state index contributed by atoms with van der Waals surface area (Å²) in [6, 6.07) is 0.434. The van der Waals surface area contributed by atoms with Crippen molar-refractivity contribution in [3.05, 3.63) is 0 Å². The van der Waals surface area contributed by atoms with Crippen LogP contribution >= 0.6 is 10.5 Å². The van der Waals surface area contributed by atoms with E-state index in [0.717, 1.165) is 11.7 Å². The van der Waals surface area contributed by atoms with Crippen LogP contribution in [0.2, 0.25) is 0 Å². The summed E-state index contributed by atoms with van der Waals surface area (Å²) >= 11 is 0. The fourth-order valence-electron chi connectivity index (χ4n) is 1.71. The van der Waals surface area contributed by atoms with Crippen molar-refractivity contribution < 1.29 is 4.39 Å². The molecule has 0 aromatic rings. The van der Waals surface area contributed by atoms with Crippen LogP contribution in [-0.2, 0) is 0 Å². The van der Waals surface area contributed by atoms with Crippen molar-refractivity contribution in [2.45, 2.75) is 50.8 Å². The van der Waals surface area contributed by atoms with Crippen LogP contribution in [-0.4, -0.2) is 36.6 Å². The van der Waals surface area contributed by atoms with Gasteiger partial charge in [-0.15, -0.1) is 0 Å². The molecule has 0 aliphatic heterocycles. The van der Waals surface area contributed by atoms with E-state index in [1.54, 1.807) is 0 Å². The smallest absolute Gasteiger partial charge is 0.102 e. The van der Waals surface area contributed by atoms with Crippen LogP contribution in [0, 0.1) is 0 Å². The molecular formula is C12H26FNS. The van der Waals surface area contributed by atoms with E-state index in [2.05, 4.69) is 31.3 Å². The fraction of sp³-hybridized carbons (Fsp3) is 0.917. The molecule has 1 N–H and O–H groups in total. The zero-order valence-corrected chi connectivity index (χ0v) is 11.2. The minimum atomic E-state index is -0.268. The molecule has 0 saturated heterocycles. The summed E-state index contributed by atoms with van der Waals surface area (Å²) in [5.41, 5.74) is 0. The predicted molar refractivity (Wildman–Crippen MR) is 72.0 cm³/mol. The molecule has 3 heteroatoms. The van der Waals surface area contributed by atoms with Gasteiger partial charge in [-0.05, 0) is 37.7 Å². The highest BCUT2D eigenvalue weighted by atomic mass is 32.2. The molecule has 15 heavy (non-hydrogen) atoms. The van der Waals surface area contributed by atoms with Crippen molar-refractivity contribution in [3.8, 4) is 0 Å². The first kappa shape index (κ1) is 15.1. The minimum Gasteiger partial charge on any atom is -0.312 e. The van der Waals surface area contributed by atoms with E-state index in [4.69, 9.17) is 0 Å². The maximum absolute atomic E-state index is 11.9. The van der Waals surface area contributed by atoms with Gasteiger partial charge in [0.05, 0.1) is 0 Å². The molecule has 92 valence electrons. The Balaban J connectivity index is 3.72. The standard InChI is InChI=1S/C12H26FNS/c1-5-6-12(15(3)4)8-7-11(2)14-10-9-13/h11-12,14H,3,5-10H2,1-2,4H3. The second-order valence-corrected chi connectivity index (χ2v) is 6.27. The van der Waals surface area contributed by atoms with Crippen LogP contribution < -0.4 is 5.32 Å². The molecule has 0 aromatic carbocycles. The van der Waals surface area contributed by atoms with Gasteiger partial charge in [-0.3, -0.25) is 0 Å². The van der Waals surface area contributed by atoms with Gasteiger partial charge in [-0.1, -0.05) is 19.2 Å². The highest BCUT2D eigenvalue weighted by Crippen LogP contribution is 2.24. The van der Waals surface area contributed by atoms with Crippen molar-refractivity contribution >= 4 is 16.4 Å². The Bertz CT molecular complexity index is 173. The van der Waals surface area contributed by atoms with Crippen LogP contribution in [0.15, 0.2) is 0 Å². The molecule has 3 unspecified atom stereocenters. The topological polar surface area (TPSA) is 12.0 Å². The largest absolute Gasteiger partial charge is 0.312 e. The molecule has 0 amide bonds. The van der Waals surface area contributed by atoms with E-state index in [1.165, 1.54) is 19.3 Å². The highest BCUT2D eigenvalue weighted by molar-refractivity contribution is 8.14. The maximum Gasteiger partial charge on any atom is 0.102 e. The van der Waals surface area contributed by atoms with E-state index in [1.807, 2.05) is 0 Å². The van der Waals surface area contributed by atoms with Gasteiger partial charge in [0.1, 0.15) is 6.67 Å². The lowest BCUT2D eigenvalue weighted by atomic mass is 10.1. The Hall–Kier alpha value is 0.110. The molecule has 0 aliphatic carbocycles. The number of hydrogen-bond acceptors (Lipinski definition) is 1. The predicted octanol–water partition coefficient (Wildman–Crippen LogP) is 3.21. The third-order valence-corrected chi connectivity index (χ3v) is 4.30. The summed E-state index contributed by atoms with van der Waals surface area (Å²) in [7, 11) is 0.273. The molecule has 0 aromatic heterocycles. The zero-order valence-electron chi connectivity index (χ0n) is 10.4. The summed E-state index contributed by atoms with van der Waals surface area (Å²) in [4.78, 5) is 0. The van der Waals surface area contributed by atoms with Gasteiger partial charge in [-0.2, -0.15) is 10.5 Å². The minimum absolute atomic E-state index is 0.268. The molecule has 0 fully saturated rings. The lowest BCUT2D eigenvalue weighted by Gasteiger charge is -2.20. The third-order valence-electron chi connectivity index (χ3n) is 2.69. The first-order valence-corrected chi connectivity index (χ1v) is 7.72. The quantitative estimate of drug-likeness (QED) is 0.605. The Kier molecular flexibility index (Phi) is 9.41. The number of alkyl halides is 1. The maximum atomic E-state index is 11.9. The van der Waals surface area contributed by atoms with E-state index in [9.17, 15) is 4.39 Å². The summed E-state index contributed by atoms with van der Waals surface area (Å²) in [6.07, 6.45) is 7.09. The van der Waals surface area contributed by atoms with E-state index >= 15 is 0 Å². The molecule has 1 nitrogen and oxygen atoms in total. The number of nitrogens with one attached hydrogen (secondary N) is 1. The van der Waals surface area contributed by atoms with Gasteiger partial charge in [-0.25, -0.2) is 4.39 Å². The van der Waals surface area contributed by atoms with Crippen molar-refractivity contribution in [2.75, 3.05) is 19.5 Å². The fourth-order valence-corrected chi connectivity index (χ4v) is 2.88. The van der Waals surface area contributed by atoms with Crippen LogP contribution in [0.3, 0.4) is 0 Å². The Morgan fingerprint density at radius 2 is 2.00 bits per heavy atom. The summed E-state index contributed by atoms with van der Waals surface area (Å²) in [5, 5.41) is 3.93. The molecule has 0 heterocycles. The average molecular weight is 235 g/mol. The molecule has 0 saturated carbocycles. The molecular weight excluding hydrogens is 209 g/mol. The van der Waals surface area contributed by atoms with E-state index in [0.29, 0.717) is 12.6 Å². The molecule has 0 radical (unpaired) electrons. The van der Waals surface area contributed by atoms with Gasteiger partial charge in [0.2, 0.25) is 0 Å². The van der Waals surface area contributed by atoms with Crippen LogP contribution in [0.4, 0.5) is 4.39 Å². The molecule has 0 aliphatic rings. The lowest BCUT2D eigenvalue weighted by molar-refractivity contribution is 0.422. The van der Waals surface area contributed by atoms with Crippen LogP contribution in [0.5, 0.6) is 0 Å². The van der Waals surface area contributed by atoms with Gasteiger partial charge >= 0.3 is 0 Å². The Labute approximate surface area is 96.8 Å². The summed E-state index contributed by atoms with van der Waals surface area (Å²) in [5.74, 6) is 4.14. The van der Waals surface area contributed by atoms with Crippen molar-refractivity contribution in [1.29, 1.82) is 0 Å². The second-order valence-electron chi connectivity index (χ2n) is 4.22. The third kappa shape index (κ3) is 7.97. The normalized spacial score (nSPS) is 17.3. The van der Waals surface area contributed by atoms with Crippen molar-refractivity contribution in [3.63, 3.8) is 0 Å². The van der Waals surface area contributed by atoms with Gasteiger partial charge in [0.25, 0.3) is 0 Å². The number of rotatable bonds is 9. The van der Waals surface area contributed by atoms with Gasteiger partial charge < -0.3 is 5.32 Å². The molecule has 3 atom stereocenters. The van der Waals surface area contributed by atoms with E-state index < -0.39 is 0 Å². The SMILES string of the molecule is C=S(C)C(CCC)CCC(C)NCCF. The van der Waals surface area contributed by atoms with Crippen molar-refractivity contribution in [1.82, 2.24) is 5.32 Å². The van der Waals surface area contributed by atoms with Gasteiger partial charge in [0, 0.05) is 12.6 Å². The van der Waals surface area contributed by atoms with Crippen LogP contribution in [0.1, 0.15) is 39.5 Å². The first-order chi connectivity index (χ1) is 7.11. The summed E-state index contributed by atoms with van der Waals surface area (Å²) < 4.78 is 11.9. The second kappa shape index (κ2) is 9.34. The highest BCUT2D eigenvalue weighted by Gasteiger charge is 2.09. The first-order valence-electron chi connectivity index (χ1n) is 5.85. The summed E-state index contributed by atoms with van der Waals surface area (Å²) in [6.45, 7) is 4.58. The zero-order chi connectivity index (χ0) is 11.7. The average Bonchev–Trinajstić information content (AvgIpc) is 2.20. The monoisotopic (exact) mass is 235 g/mol. The molecule has 0 bridgehead atoms. The van der Waals surface area contributed by atoms with Gasteiger partial charge in [0.15, 0.2) is 0 Å². The molecule has 0 spiro atoms. The number of halogens is 1. The molecule has 0 rings (SSSR count). The lowest BCUT2D eigenvalue weighted by Crippen LogP contribution is -2.28.